The fourth-order valence-corrected chi connectivity index (χ4v) is 6.40. The van der Waals surface area contributed by atoms with E-state index in [0.29, 0.717) is 55.7 Å². The molecule has 2 N–H and O–H groups in total. The molecule has 0 aliphatic heterocycles. The Balaban J connectivity index is 0.000000380. The van der Waals surface area contributed by atoms with E-state index in [1.807, 2.05) is 0 Å². The number of hydrogen-bond acceptors (Lipinski definition) is 6. The van der Waals surface area contributed by atoms with E-state index in [9.17, 15) is 19.8 Å². The molecule has 0 heterocycles. The van der Waals surface area contributed by atoms with E-state index >= 15 is 0 Å². The van der Waals surface area contributed by atoms with Crippen LogP contribution in [0.1, 0.15) is 118 Å². The number of ether oxygens (including phenoxy) is 2. The summed E-state index contributed by atoms with van der Waals surface area (Å²) in [5.74, 6) is 1.48. The second kappa shape index (κ2) is 18.5. The summed E-state index contributed by atoms with van der Waals surface area (Å²) in [6, 6.07) is 0. The molecule has 7 heteroatoms. The zero-order valence-corrected chi connectivity index (χ0v) is 25.9. The molecule has 222 valence electrons. The Labute approximate surface area is 234 Å². The summed E-state index contributed by atoms with van der Waals surface area (Å²) in [6.07, 6.45) is 15.1. The Morgan fingerprint density at radius 3 is 1.39 bits per heavy atom. The monoisotopic (exact) mass is 556 g/mol. The highest BCUT2D eigenvalue weighted by molar-refractivity contribution is 7.16. The number of rotatable bonds is 12. The van der Waals surface area contributed by atoms with Crippen LogP contribution in [0.3, 0.4) is 0 Å². The third-order valence-electron chi connectivity index (χ3n) is 8.99. The normalized spacial score (nSPS) is 32.4. The third-order valence-corrected chi connectivity index (χ3v) is 9.22. The summed E-state index contributed by atoms with van der Waals surface area (Å²) in [6.45, 7) is 12.0. The van der Waals surface area contributed by atoms with Crippen molar-refractivity contribution in [2.24, 2.45) is 23.7 Å². The van der Waals surface area contributed by atoms with Crippen molar-refractivity contribution >= 4 is 20.8 Å². The average Bonchev–Trinajstić information content (AvgIpc) is 2.89. The molecular weight excluding hydrogens is 499 g/mol. The summed E-state index contributed by atoms with van der Waals surface area (Å²) < 4.78 is 10.2. The van der Waals surface area contributed by atoms with Crippen LogP contribution in [0.25, 0.3) is 0 Å². The first kappa shape index (κ1) is 35.2. The summed E-state index contributed by atoms with van der Waals surface area (Å²) in [5.41, 5.74) is -2.37. The second-order valence-electron chi connectivity index (χ2n) is 11.7. The van der Waals surface area contributed by atoms with Crippen molar-refractivity contribution in [2.45, 2.75) is 129 Å². The lowest BCUT2D eigenvalue weighted by Crippen LogP contribution is -2.45. The molecule has 0 aromatic heterocycles. The maximum absolute atomic E-state index is 12.3. The molecule has 5 unspecified atom stereocenters. The van der Waals surface area contributed by atoms with Crippen LogP contribution in [0.2, 0.25) is 0 Å². The van der Waals surface area contributed by atoms with Gasteiger partial charge >= 0.3 is 0 Å². The lowest BCUT2D eigenvalue weighted by molar-refractivity contribution is -0.146. The van der Waals surface area contributed by atoms with Crippen molar-refractivity contribution in [1.29, 1.82) is 0 Å². The van der Waals surface area contributed by atoms with Gasteiger partial charge in [0.05, 0.1) is 12.6 Å². The SMILES string of the molecule is C=COCC(=O)C1(O)CC(CC)CCCC(CC)C1.CCC1CCCC(CC)CC(O)(C(=O)COCP)C1. The molecule has 2 saturated carbocycles. The van der Waals surface area contributed by atoms with Crippen LogP contribution in [0.4, 0.5) is 0 Å². The van der Waals surface area contributed by atoms with Crippen LogP contribution in [-0.4, -0.2) is 52.5 Å². The fraction of sp³-hybridized carbons (Fsp3) is 0.871. The number of carbonyl (C=O) groups excluding carboxylic acids is 2. The van der Waals surface area contributed by atoms with Gasteiger partial charge in [0.25, 0.3) is 0 Å². The quantitative estimate of drug-likeness (QED) is 0.207. The summed E-state index contributed by atoms with van der Waals surface area (Å²) in [5, 5.41) is 21.6. The highest BCUT2D eigenvalue weighted by Gasteiger charge is 2.41. The lowest BCUT2D eigenvalue weighted by Gasteiger charge is -2.36. The predicted molar refractivity (Wildman–Crippen MR) is 158 cm³/mol. The van der Waals surface area contributed by atoms with Crippen LogP contribution in [0.5, 0.6) is 0 Å². The standard InChI is InChI=1S/C16H28O3.C15H29O3P/c1-4-13-8-7-9-14(5-2)11-16(18,10-13)15(17)12-19-6-3;1-3-12-6-5-7-13(4-2)9-15(17,8-12)14(16)10-18-11-19/h6,13-14,18H,3-5,7-12H2,1-2H3;12-13,17H,3-11,19H2,1-2H3. The minimum atomic E-state index is -1.20. The van der Waals surface area contributed by atoms with E-state index in [-0.39, 0.29) is 24.8 Å². The molecule has 0 saturated heterocycles. The minimum Gasteiger partial charge on any atom is -0.494 e. The first-order valence-corrected chi connectivity index (χ1v) is 15.9. The molecule has 0 spiro atoms. The molecule has 2 aliphatic carbocycles. The number of hydrogen-bond donors (Lipinski definition) is 2. The number of ketones is 2. The molecule has 6 nitrogen and oxygen atoms in total. The van der Waals surface area contributed by atoms with Crippen LogP contribution in [0.15, 0.2) is 12.8 Å². The van der Waals surface area contributed by atoms with Gasteiger partial charge in [-0.2, -0.15) is 0 Å². The van der Waals surface area contributed by atoms with Crippen LogP contribution >= 0.6 is 9.24 Å². The van der Waals surface area contributed by atoms with Gasteiger partial charge in [0.1, 0.15) is 24.4 Å². The van der Waals surface area contributed by atoms with Crippen molar-refractivity contribution in [3.8, 4) is 0 Å². The largest absolute Gasteiger partial charge is 0.494 e. The average molecular weight is 557 g/mol. The predicted octanol–water partition coefficient (Wildman–Crippen LogP) is 6.62. The van der Waals surface area contributed by atoms with E-state index in [4.69, 9.17) is 9.47 Å². The number of Topliss-reactive ketones (excluding diaryl/α,β-unsaturated/α-hetero) is 2. The van der Waals surface area contributed by atoms with Crippen LogP contribution in [0, 0.1) is 23.7 Å². The molecule has 0 amide bonds. The molecule has 0 radical (unpaired) electrons. The fourth-order valence-electron chi connectivity index (χ4n) is 6.28. The molecule has 0 bridgehead atoms. The molecule has 5 atom stereocenters. The van der Waals surface area contributed by atoms with E-state index in [1.165, 1.54) is 19.1 Å². The third kappa shape index (κ3) is 11.7. The Kier molecular flexibility index (Phi) is 17.2. The maximum Gasteiger partial charge on any atom is 0.201 e. The van der Waals surface area contributed by atoms with E-state index in [1.54, 1.807) is 0 Å². The van der Waals surface area contributed by atoms with Gasteiger partial charge in [-0.1, -0.05) is 98.5 Å². The Bertz CT molecular complexity index is 668. The van der Waals surface area contributed by atoms with Gasteiger partial charge in [0.2, 0.25) is 5.78 Å². The van der Waals surface area contributed by atoms with Crippen molar-refractivity contribution in [1.82, 2.24) is 0 Å². The van der Waals surface area contributed by atoms with Gasteiger partial charge in [-0.3, -0.25) is 9.59 Å². The molecule has 2 fully saturated rings. The molecule has 0 aromatic carbocycles. The van der Waals surface area contributed by atoms with Gasteiger partial charge < -0.3 is 19.7 Å². The van der Waals surface area contributed by atoms with Gasteiger partial charge in [0.15, 0.2) is 5.78 Å². The topological polar surface area (TPSA) is 93.1 Å². The Morgan fingerprint density at radius 2 is 1.11 bits per heavy atom. The minimum absolute atomic E-state index is 0.0346. The van der Waals surface area contributed by atoms with Crippen molar-refractivity contribution < 1.29 is 29.3 Å². The zero-order chi connectivity index (χ0) is 28.6. The number of aliphatic hydroxyl groups is 2. The summed E-state index contributed by atoms with van der Waals surface area (Å²) in [4.78, 5) is 24.5. The molecule has 2 rings (SSSR count). The summed E-state index contributed by atoms with van der Waals surface area (Å²) in [7, 11) is 2.44. The highest BCUT2D eigenvalue weighted by atomic mass is 31.0. The molecule has 38 heavy (non-hydrogen) atoms. The number of carbonyl (C=O) groups is 2. The first-order valence-electron chi connectivity index (χ1n) is 15.1. The van der Waals surface area contributed by atoms with Crippen LogP contribution < -0.4 is 0 Å². The van der Waals surface area contributed by atoms with E-state index < -0.39 is 11.2 Å². The molecule has 2 aliphatic rings. The second-order valence-corrected chi connectivity index (χ2v) is 12.0. The van der Waals surface area contributed by atoms with Gasteiger partial charge in [-0.15, -0.1) is 9.24 Å². The van der Waals surface area contributed by atoms with Crippen LogP contribution in [-0.2, 0) is 19.1 Å². The highest BCUT2D eigenvalue weighted by Crippen LogP contribution is 2.37. The smallest absolute Gasteiger partial charge is 0.201 e. The van der Waals surface area contributed by atoms with Crippen molar-refractivity contribution in [2.75, 3.05) is 19.6 Å². The first-order chi connectivity index (χ1) is 18.1. The summed E-state index contributed by atoms with van der Waals surface area (Å²) >= 11 is 0. The van der Waals surface area contributed by atoms with Gasteiger partial charge in [-0.05, 0) is 49.4 Å². The maximum atomic E-state index is 12.3. The van der Waals surface area contributed by atoms with E-state index in [0.717, 1.165) is 51.4 Å². The van der Waals surface area contributed by atoms with Crippen molar-refractivity contribution in [3.63, 3.8) is 0 Å². The molecular formula is C31H57O6P. The van der Waals surface area contributed by atoms with E-state index in [2.05, 4.69) is 43.5 Å². The Morgan fingerprint density at radius 1 is 0.763 bits per heavy atom. The molecule has 0 aromatic rings. The van der Waals surface area contributed by atoms with Gasteiger partial charge in [0, 0.05) is 0 Å². The lowest BCUT2D eigenvalue weighted by atomic mass is 9.73. The van der Waals surface area contributed by atoms with Crippen molar-refractivity contribution in [3.05, 3.63) is 12.8 Å². The Hall–Kier alpha value is -0.810. The van der Waals surface area contributed by atoms with Gasteiger partial charge in [-0.25, -0.2) is 0 Å². The zero-order valence-electron chi connectivity index (χ0n) is 24.7.